The normalized spacial score (nSPS) is 17.9. The fraction of sp³-hybridized carbons (Fsp3) is 0.455. The first kappa shape index (κ1) is 12.4. The van der Waals surface area contributed by atoms with Crippen LogP contribution in [0, 0.1) is 0 Å². The highest BCUT2D eigenvalue weighted by molar-refractivity contribution is 9.10. The molecular weight excluding hydrogens is 312 g/mol. The predicted octanol–water partition coefficient (Wildman–Crippen LogP) is 3.82. The molecule has 1 aliphatic rings. The third-order valence-electron chi connectivity index (χ3n) is 2.94. The number of hydrogen-bond donors (Lipinski definition) is 0. The Balaban J connectivity index is 2.42. The topological polar surface area (TPSA) is 34.1 Å². The van der Waals surface area contributed by atoms with Gasteiger partial charge in [-0.2, -0.15) is 0 Å². The van der Waals surface area contributed by atoms with Crippen LogP contribution in [0.3, 0.4) is 0 Å². The minimum absolute atomic E-state index is 0.244. The lowest BCUT2D eigenvalue weighted by Gasteiger charge is -2.12. The van der Waals surface area contributed by atoms with E-state index >= 15 is 0 Å². The molecule has 1 saturated carbocycles. The van der Waals surface area contributed by atoms with Crippen molar-refractivity contribution in [2.24, 2.45) is 0 Å². The molecule has 0 aliphatic heterocycles. The number of halogens is 2. The van der Waals surface area contributed by atoms with E-state index in [1.165, 1.54) is 0 Å². The van der Waals surface area contributed by atoms with Gasteiger partial charge >= 0.3 is 0 Å². The molecule has 0 unspecified atom stereocenters. The van der Waals surface area contributed by atoms with Gasteiger partial charge in [0.25, 0.3) is 0 Å². The van der Waals surface area contributed by atoms with Crippen molar-refractivity contribution in [3.8, 4) is 0 Å². The first-order valence-electron chi connectivity index (χ1n) is 5.21. The van der Waals surface area contributed by atoms with Gasteiger partial charge in [-0.1, -0.05) is 40.4 Å². The minimum Gasteiger partial charge on any atom is -0.223 e. The molecule has 0 aromatic heterocycles. The lowest BCUT2D eigenvalue weighted by molar-refractivity contribution is 0.579. The molecule has 1 aromatic rings. The van der Waals surface area contributed by atoms with E-state index in [2.05, 4.69) is 15.9 Å². The van der Waals surface area contributed by atoms with Crippen LogP contribution in [0.25, 0.3) is 0 Å². The van der Waals surface area contributed by atoms with Crippen LogP contribution in [-0.2, 0) is 9.84 Å². The van der Waals surface area contributed by atoms with Gasteiger partial charge in [-0.25, -0.2) is 8.42 Å². The minimum atomic E-state index is -3.24. The Hall–Kier alpha value is -0.0600. The first-order chi connectivity index (χ1) is 7.51. The van der Waals surface area contributed by atoms with Crippen molar-refractivity contribution in [3.05, 3.63) is 27.7 Å². The summed E-state index contributed by atoms with van der Waals surface area (Å²) < 4.78 is 25.3. The molecule has 0 spiro atoms. The van der Waals surface area contributed by atoms with Crippen molar-refractivity contribution >= 4 is 37.4 Å². The molecule has 1 aliphatic carbocycles. The lowest BCUT2D eigenvalue weighted by Crippen LogP contribution is -2.18. The Bertz CT molecular complexity index is 493. The second-order valence-corrected chi connectivity index (χ2v) is 7.55. The van der Waals surface area contributed by atoms with Crippen LogP contribution in [0.1, 0.15) is 25.7 Å². The van der Waals surface area contributed by atoms with Gasteiger partial charge in [-0.3, -0.25) is 0 Å². The average molecular weight is 324 g/mol. The number of hydrogen-bond acceptors (Lipinski definition) is 2. The van der Waals surface area contributed by atoms with E-state index in [-0.39, 0.29) is 10.1 Å². The summed E-state index contributed by atoms with van der Waals surface area (Å²) in [4.78, 5) is 0.268. The van der Waals surface area contributed by atoms with Crippen molar-refractivity contribution in [2.75, 3.05) is 0 Å². The lowest BCUT2D eigenvalue weighted by atomic mass is 10.4. The van der Waals surface area contributed by atoms with Gasteiger partial charge in [0.2, 0.25) is 0 Å². The summed E-state index contributed by atoms with van der Waals surface area (Å²) in [7, 11) is -3.24. The zero-order chi connectivity index (χ0) is 11.8. The van der Waals surface area contributed by atoms with E-state index in [1.54, 1.807) is 18.2 Å². The monoisotopic (exact) mass is 322 g/mol. The molecule has 16 heavy (non-hydrogen) atoms. The molecule has 2 nitrogen and oxygen atoms in total. The zero-order valence-electron chi connectivity index (χ0n) is 8.62. The fourth-order valence-electron chi connectivity index (χ4n) is 2.08. The van der Waals surface area contributed by atoms with Crippen LogP contribution in [0.2, 0.25) is 5.02 Å². The molecule has 0 atom stereocenters. The molecule has 1 aromatic carbocycles. The summed E-state index contributed by atoms with van der Waals surface area (Å²) in [5.41, 5.74) is 0. The first-order valence-corrected chi connectivity index (χ1v) is 7.92. The molecule has 0 radical (unpaired) electrons. The zero-order valence-corrected chi connectivity index (χ0v) is 11.8. The molecule has 0 N–H and O–H groups in total. The molecular formula is C11H12BrClO2S. The molecule has 2 rings (SSSR count). The van der Waals surface area contributed by atoms with Gasteiger partial charge < -0.3 is 0 Å². The third kappa shape index (κ3) is 2.29. The van der Waals surface area contributed by atoms with Gasteiger partial charge in [0.05, 0.1) is 15.2 Å². The van der Waals surface area contributed by atoms with E-state index in [9.17, 15) is 8.42 Å². The Kier molecular flexibility index (Phi) is 3.62. The molecule has 0 bridgehead atoms. The SMILES string of the molecule is O=S(=O)(c1ccc(Br)cc1Cl)C1CCCC1. The Morgan fingerprint density at radius 2 is 1.88 bits per heavy atom. The standard InChI is InChI=1S/C11H12BrClO2S/c12-8-5-6-11(10(13)7-8)16(14,15)9-3-1-2-4-9/h5-7,9H,1-4H2. The van der Waals surface area contributed by atoms with Gasteiger partial charge in [0.15, 0.2) is 9.84 Å². The Morgan fingerprint density at radius 1 is 1.25 bits per heavy atom. The summed E-state index contributed by atoms with van der Waals surface area (Å²) in [6.45, 7) is 0. The summed E-state index contributed by atoms with van der Waals surface area (Å²) in [6, 6.07) is 4.93. The maximum Gasteiger partial charge on any atom is 0.182 e. The highest BCUT2D eigenvalue weighted by Gasteiger charge is 2.31. The van der Waals surface area contributed by atoms with Crippen molar-refractivity contribution in [1.29, 1.82) is 0 Å². The molecule has 5 heteroatoms. The van der Waals surface area contributed by atoms with Gasteiger partial charge in [-0.15, -0.1) is 0 Å². The summed E-state index contributed by atoms with van der Waals surface area (Å²) in [5, 5.41) is 0.0625. The molecule has 0 heterocycles. The van der Waals surface area contributed by atoms with Crippen molar-refractivity contribution in [3.63, 3.8) is 0 Å². The van der Waals surface area contributed by atoms with E-state index in [0.29, 0.717) is 5.02 Å². The number of benzene rings is 1. The van der Waals surface area contributed by atoms with Crippen LogP contribution < -0.4 is 0 Å². The maximum absolute atomic E-state index is 12.3. The van der Waals surface area contributed by atoms with Crippen LogP contribution >= 0.6 is 27.5 Å². The predicted molar refractivity (Wildman–Crippen MR) is 68.6 cm³/mol. The quantitative estimate of drug-likeness (QED) is 0.829. The highest BCUT2D eigenvalue weighted by Crippen LogP contribution is 2.33. The van der Waals surface area contributed by atoms with Crippen molar-refractivity contribution < 1.29 is 8.42 Å². The van der Waals surface area contributed by atoms with Crippen molar-refractivity contribution in [1.82, 2.24) is 0 Å². The van der Waals surface area contributed by atoms with Gasteiger partial charge in [0, 0.05) is 4.47 Å². The van der Waals surface area contributed by atoms with Crippen molar-refractivity contribution in [2.45, 2.75) is 35.8 Å². The highest BCUT2D eigenvalue weighted by atomic mass is 79.9. The molecule has 0 saturated heterocycles. The van der Waals surface area contributed by atoms with E-state index in [0.717, 1.165) is 30.2 Å². The van der Waals surface area contributed by atoms with E-state index in [4.69, 9.17) is 11.6 Å². The Morgan fingerprint density at radius 3 is 2.44 bits per heavy atom. The Labute approximate surface area is 109 Å². The fourth-order valence-corrected chi connectivity index (χ4v) is 4.98. The van der Waals surface area contributed by atoms with E-state index in [1.807, 2.05) is 0 Å². The molecule has 1 fully saturated rings. The number of rotatable bonds is 2. The van der Waals surface area contributed by atoms with Gasteiger partial charge in [-0.05, 0) is 31.0 Å². The largest absolute Gasteiger partial charge is 0.223 e. The van der Waals surface area contributed by atoms with Gasteiger partial charge in [0.1, 0.15) is 0 Å². The smallest absolute Gasteiger partial charge is 0.182 e. The third-order valence-corrected chi connectivity index (χ3v) is 6.18. The van der Waals surface area contributed by atoms with Crippen LogP contribution in [-0.4, -0.2) is 13.7 Å². The molecule has 0 amide bonds. The second kappa shape index (κ2) is 4.67. The van der Waals surface area contributed by atoms with Crippen LogP contribution in [0.5, 0.6) is 0 Å². The number of sulfone groups is 1. The average Bonchev–Trinajstić information content (AvgIpc) is 2.69. The van der Waals surface area contributed by atoms with Crippen LogP contribution in [0.15, 0.2) is 27.6 Å². The summed E-state index contributed by atoms with van der Waals surface area (Å²) in [6.07, 6.45) is 3.51. The summed E-state index contributed by atoms with van der Waals surface area (Å²) >= 11 is 9.25. The van der Waals surface area contributed by atoms with E-state index < -0.39 is 9.84 Å². The second-order valence-electron chi connectivity index (χ2n) is 4.03. The van der Waals surface area contributed by atoms with Crippen LogP contribution in [0.4, 0.5) is 0 Å². The molecule has 88 valence electrons. The summed E-state index contributed by atoms with van der Waals surface area (Å²) in [5.74, 6) is 0. The maximum atomic E-state index is 12.3.